The Morgan fingerprint density at radius 3 is 3.20 bits per heavy atom. The molecule has 0 saturated heterocycles. The summed E-state index contributed by atoms with van der Waals surface area (Å²) in [7, 11) is 0. The Kier molecular flexibility index (Phi) is 0.943. The average molecular weight is 135 g/mol. The molecule has 2 heterocycles. The van der Waals surface area contributed by atoms with Crippen molar-refractivity contribution in [2.24, 2.45) is 0 Å². The van der Waals surface area contributed by atoms with E-state index in [4.69, 9.17) is 0 Å². The van der Waals surface area contributed by atoms with Gasteiger partial charge in [-0.1, -0.05) is 5.16 Å². The summed E-state index contributed by atoms with van der Waals surface area (Å²) >= 11 is 0. The second-order valence-corrected chi connectivity index (χ2v) is 2.08. The number of rotatable bonds is 0. The van der Waals surface area contributed by atoms with Crippen molar-refractivity contribution in [2.45, 2.75) is 6.92 Å². The van der Waals surface area contributed by atoms with Crippen LogP contribution in [0.1, 0.15) is 5.69 Å². The van der Waals surface area contributed by atoms with Crippen LogP contribution in [0.25, 0.3) is 11.4 Å². The summed E-state index contributed by atoms with van der Waals surface area (Å²) in [6.45, 7) is 1.90. The van der Waals surface area contributed by atoms with Gasteiger partial charge in [0.05, 0.1) is 6.20 Å². The Balaban J connectivity index is 2.76. The number of hydrogen-bond donors (Lipinski definition) is 0. The summed E-state index contributed by atoms with van der Waals surface area (Å²) in [5.41, 5.74) is 1.86. The zero-order valence-corrected chi connectivity index (χ0v) is 5.40. The number of fused-ring (bicyclic) bond motifs is 1. The van der Waals surface area contributed by atoms with Crippen LogP contribution in [0.15, 0.2) is 16.9 Å². The maximum Gasteiger partial charge on any atom is 0.203 e. The maximum absolute atomic E-state index is 4.44. The van der Waals surface area contributed by atoms with Gasteiger partial charge in [-0.2, -0.15) is 0 Å². The number of nitrogens with zero attached hydrogens (tertiary/aromatic N) is 3. The molecule has 0 aliphatic carbocycles. The molecule has 2 aliphatic heterocycles. The molecular weight excluding hydrogens is 130 g/mol. The number of aryl methyl sites for hydroxylation is 1. The van der Waals surface area contributed by atoms with E-state index in [1.807, 2.05) is 13.0 Å². The largest absolute Gasteiger partial charge is 0.242 e. The van der Waals surface area contributed by atoms with E-state index in [1.54, 1.807) is 6.20 Å². The van der Waals surface area contributed by atoms with Crippen LogP contribution >= 0.6 is 0 Å². The van der Waals surface area contributed by atoms with Gasteiger partial charge in [0, 0.05) is 11.3 Å². The predicted octanol–water partition coefficient (Wildman–Crippen LogP) is 0.878. The Hall–Kier alpha value is -1.45. The molecule has 0 fully saturated rings. The summed E-state index contributed by atoms with van der Waals surface area (Å²) in [6.07, 6.45) is 1.60. The molecule has 2 rings (SSSR count). The van der Waals surface area contributed by atoms with Gasteiger partial charge < -0.3 is 0 Å². The molecule has 4 nitrogen and oxygen atoms in total. The molecule has 0 unspecified atom stereocenters. The summed E-state index contributed by atoms with van der Waals surface area (Å²) < 4.78 is 4.44. The standard InChI is InChI=1S/C6H5N3O/c1-4-2-5-3-7-10-9-6(5)8-4/h2-3H,1H3. The third-order valence-electron chi connectivity index (χ3n) is 1.27. The van der Waals surface area contributed by atoms with E-state index in [1.165, 1.54) is 0 Å². The van der Waals surface area contributed by atoms with Crippen LogP contribution in [0.3, 0.4) is 0 Å². The highest BCUT2D eigenvalue weighted by molar-refractivity contribution is 5.55. The lowest BCUT2D eigenvalue weighted by atomic mass is 10.3. The third kappa shape index (κ3) is 0.655. The first-order chi connectivity index (χ1) is 4.86. The van der Waals surface area contributed by atoms with Gasteiger partial charge in [0.25, 0.3) is 0 Å². The zero-order valence-electron chi connectivity index (χ0n) is 5.40. The molecule has 0 radical (unpaired) electrons. The summed E-state index contributed by atoms with van der Waals surface area (Å²) in [5.74, 6) is 0.618. The third-order valence-corrected chi connectivity index (χ3v) is 1.27. The maximum atomic E-state index is 4.44. The lowest BCUT2D eigenvalue weighted by Crippen LogP contribution is -1.82. The fraction of sp³-hybridized carbons (Fsp3) is 0.167. The SMILES string of the molecule is Cc1cc2cnonc-2n1. The van der Waals surface area contributed by atoms with Crippen molar-refractivity contribution in [1.82, 2.24) is 15.3 Å². The predicted molar refractivity (Wildman–Crippen MR) is 33.5 cm³/mol. The Morgan fingerprint density at radius 2 is 2.40 bits per heavy atom. The Bertz CT molecular complexity index is 287. The van der Waals surface area contributed by atoms with Crippen molar-refractivity contribution in [3.05, 3.63) is 18.0 Å². The molecule has 0 spiro atoms. The molecule has 10 heavy (non-hydrogen) atoms. The van der Waals surface area contributed by atoms with Crippen molar-refractivity contribution in [3.8, 4) is 11.4 Å². The molecule has 0 aromatic heterocycles. The van der Waals surface area contributed by atoms with Gasteiger partial charge in [-0.3, -0.25) is 0 Å². The highest BCUT2D eigenvalue weighted by Gasteiger charge is 2.07. The first-order valence-corrected chi connectivity index (χ1v) is 2.91. The minimum atomic E-state index is 0.618. The van der Waals surface area contributed by atoms with Gasteiger partial charge in [0.15, 0.2) is 0 Å². The van der Waals surface area contributed by atoms with Crippen LogP contribution in [-0.4, -0.2) is 15.3 Å². The second kappa shape index (κ2) is 1.76. The van der Waals surface area contributed by atoms with Crippen LogP contribution < -0.4 is 0 Å². The zero-order chi connectivity index (χ0) is 6.97. The van der Waals surface area contributed by atoms with Gasteiger partial charge in [-0.05, 0) is 18.1 Å². The first-order valence-electron chi connectivity index (χ1n) is 2.91. The van der Waals surface area contributed by atoms with Crippen LogP contribution in [0.4, 0.5) is 0 Å². The van der Waals surface area contributed by atoms with E-state index in [2.05, 4.69) is 19.9 Å². The molecular formula is C6H5N3O. The van der Waals surface area contributed by atoms with Crippen molar-refractivity contribution in [3.63, 3.8) is 0 Å². The Labute approximate surface area is 57.2 Å². The fourth-order valence-corrected chi connectivity index (χ4v) is 0.864. The van der Waals surface area contributed by atoms with Crippen LogP contribution in [0, 0.1) is 6.92 Å². The molecule has 0 amide bonds. The summed E-state index contributed by atoms with van der Waals surface area (Å²) in [4.78, 5) is 4.07. The van der Waals surface area contributed by atoms with E-state index < -0.39 is 0 Å². The van der Waals surface area contributed by atoms with Crippen LogP contribution in [-0.2, 0) is 0 Å². The highest BCUT2D eigenvalue weighted by atomic mass is 16.6. The van der Waals surface area contributed by atoms with Crippen molar-refractivity contribution in [2.75, 3.05) is 0 Å². The van der Waals surface area contributed by atoms with E-state index in [-0.39, 0.29) is 0 Å². The quantitative estimate of drug-likeness (QED) is 0.538. The first kappa shape index (κ1) is 5.34. The molecule has 0 saturated carbocycles. The molecule has 0 N–H and O–H groups in total. The summed E-state index contributed by atoms with van der Waals surface area (Å²) in [5, 5.41) is 7.10. The Morgan fingerprint density at radius 1 is 1.50 bits per heavy atom. The molecule has 0 bridgehead atoms. The molecule has 0 aromatic rings. The lowest BCUT2D eigenvalue weighted by Gasteiger charge is -1.86. The summed E-state index contributed by atoms with van der Waals surface area (Å²) in [6, 6.07) is 1.91. The number of hydrogen-bond acceptors (Lipinski definition) is 4. The average Bonchev–Trinajstić information content (AvgIpc) is 2.27. The van der Waals surface area contributed by atoms with E-state index in [0.29, 0.717) is 5.82 Å². The van der Waals surface area contributed by atoms with E-state index in [0.717, 1.165) is 11.3 Å². The van der Waals surface area contributed by atoms with Gasteiger partial charge >= 0.3 is 0 Å². The second-order valence-electron chi connectivity index (χ2n) is 2.08. The van der Waals surface area contributed by atoms with Crippen molar-refractivity contribution >= 4 is 0 Å². The molecule has 4 heteroatoms. The molecule has 0 atom stereocenters. The smallest absolute Gasteiger partial charge is 0.203 e. The fourth-order valence-electron chi connectivity index (χ4n) is 0.864. The minimum Gasteiger partial charge on any atom is -0.242 e. The van der Waals surface area contributed by atoms with Gasteiger partial charge in [0.2, 0.25) is 5.82 Å². The number of aromatic nitrogens is 3. The highest BCUT2D eigenvalue weighted by Crippen LogP contribution is 2.16. The molecule has 2 aliphatic rings. The molecule has 0 aromatic carbocycles. The van der Waals surface area contributed by atoms with E-state index in [9.17, 15) is 0 Å². The van der Waals surface area contributed by atoms with Gasteiger partial charge in [-0.15, -0.1) is 0 Å². The van der Waals surface area contributed by atoms with Gasteiger partial charge in [-0.25, -0.2) is 9.61 Å². The normalized spacial score (nSPS) is 10.5. The van der Waals surface area contributed by atoms with E-state index >= 15 is 0 Å². The van der Waals surface area contributed by atoms with Crippen LogP contribution in [0.5, 0.6) is 0 Å². The monoisotopic (exact) mass is 135 g/mol. The van der Waals surface area contributed by atoms with Crippen molar-refractivity contribution in [1.29, 1.82) is 0 Å². The lowest BCUT2D eigenvalue weighted by molar-refractivity contribution is 0.282. The van der Waals surface area contributed by atoms with Crippen LogP contribution in [0.2, 0.25) is 0 Å². The van der Waals surface area contributed by atoms with Crippen molar-refractivity contribution < 1.29 is 4.63 Å². The topological polar surface area (TPSA) is 51.8 Å². The minimum absolute atomic E-state index is 0.618. The molecule has 50 valence electrons. The van der Waals surface area contributed by atoms with Gasteiger partial charge in [0.1, 0.15) is 0 Å².